The van der Waals surface area contributed by atoms with Crippen LogP contribution in [0.15, 0.2) is 17.6 Å². The Morgan fingerprint density at radius 2 is 1.91 bits per heavy atom. The SMILES string of the molecule is C=CCCCCCN(C)C(=NCCS(=O)(=O)C(C)(C)C)NCC. The van der Waals surface area contributed by atoms with Gasteiger partial charge in [0.1, 0.15) is 0 Å². The molecule has 0 aliphatic carbocycles. The van der Waals surface area contributed by atoms with E-state index in [9.17, 15) is 8.42 Å². The summed E-state index contributed by atoms with van der Waals surface area (Å²) in [5.74, 6) is 0.860. The topological polar surface area (TPSA) is 61.8 Å². The van der Waals surface area contributed by atoms with Gasteiger partial charge >= 0.3 is 0 Å². The average Bonchev–Trinajstić information content (AvgIpc) is 2.44. The molecule has 0 aliphatic rings. The zero-order chi connectivity index (χ0) is 17.9. The van der Waals surface area contributed by atoms with Crippen LogP contribution in [0.5, 0.6) is 0 Å². The van der Waals surface area contributed by atoms with Crippen LogP contribution in [0.4, 0.5) is 0 Å². The van der Waals surface area contributed by atoms with E-state index < -0.39 is 14.6 Å². The van der Waals surface area contributed by atoms with Gasteiger partial charge in [0.05, 0.1) is 17.0 Å². The van der Waals surface area contributed by atoms with Gasteiger partial charge in [-0.15, -0.1) is 6.58 Å². The summed E-state index contributed by atoms with van der Waals surface area (Å²) in [6.07, 6.45) is 6.42. The van der Waals surface area contributed by atoms with Crippen LogP contribution in [0, 0.1) is 0 Å². The summed E-state index contributed by atoms with van der Waals surface area (Å²) >= 11 is 0. The lowest BCUT2D eigenvalue weighted by Crippen LogP contribution is -2.40. The molecule has 0 aliphatic heterocycles. The van der Waals surface area contributed by atoms with Crippen molar-refractivity contribution in [3.63, 3.8) is 0 Å². The number of rotatable bonds is 10. The molecule has 0 amide bonds. The van der Waals surface area contributed by atoms with E-state index in [1.165, 1.54) is 0 Å². The lowest BCUT2D eigenvalue weighted by molar-refractivity contribution is 0.455. The standard InChI is InChI=1S/C17H35N3O2S/c1-7-9-10-11-12-14-20(6)16(18-8-2)19-13-15-23(21,22)17(3,4)5/h7H,1,8-15H2,2-6H3,(H,18,19). The number of nitrogens with zero attached hydrogens (tertiary/aromatic N) is 2. The van der Waals surface area contributed by atoms with Gasteiger partial charge in [0, 0.05) is 20.1 Å². The predicted molar refractivity (Wildman–Crippen MR) is 101 cm³/mol. The van der Waals surface area contributed by atoms with Crippen molar-refractivity contribution in [1.82, 2.24) is 10.2 Å². The first-order valence-corrected chi connectivity index (χ1v) is 10.1. The molecule has 0 aromatic carbocycles. The first-order valence-electron chi connectivity index (χ1n) is 8.48. The minimum absolute atomic E-state index is 0.0819. The molecule has 0 heterocycles. The van der Waals surface area contributed by atoms with Gasteiger partial charge in [-0.05, 0) is 47.0 Å². The third-order valence-electron chi connectivity index (χ3n) is 3.65. The van der Waals surface area contributed by atoms with E-state index in [1.54, 1.807) is 20.8 Å². The number of guanidine groups is 1. The second-order valence-electron chi connectivity index (χ2n) is 6.73. The Bertz CT molecular complexity index is 465. The summed E-state index contributed by atoms with van der Waals surface area (Å²) in [6.45, 7) is 12.9. The summed E-state index contributed by atoms with van der Waals surface area (Å²) in [6, 6.07) is 0. The van der Waals surface area contributed by atoms with Crippen molar-refractivity contribution >= 4 is 15.8 Å². The number of unbranched alkanes of at least 4 members (excludes halogenated alkanes) is 3. The van der Waals surface area contributed by atoms with E-state index in [4.69, 9.17) is 0 Å². The van der Waals surface area contributed by atoms with Crippen molar-refractivity contribution in [3.05, 3.63) is 12.7 Å². The summed E-state index contributed by atoms with van der Waals surface area (Å²) < 4.78 is 23.5. The van der Waals surface area contributed by atoms with Crippen molar-refractivity contribution in [2.75, 3.05) is 32.4 Å². The third kappa shape index (κ3) is 8.98. The fourth-order valence-electron chi connectivity index (χ4n) is 1.97. The van der Waals surface area contributed by atoms with Crippen LogP contribution in [0.2, 0.25) is 0 Å². The number of nitrogens with one attached hydrogen (secondary N) is 1. The quantitative estimate of drug-likeness (QED) is 0.286. The molecule has 6 heteroatoms. The smallest absolute Gasteiger partial charge is 0.193 e. The Balaban J connectivity index is 4.50. The van der Waals surface area contributed by atoms with Crippen LogP contribution in [0.25, 0.3) is 0 Å². The predicted octanol–water partition coefficient (Wildman–Crippen LogP) is 2.84. The van der Waals surface area contributed by atoms with Gasteiger partial charge in [0.25, 0.3) is 0 Å². The number of aliphatic imine (C=N–C) groups is 1. The van der Waals surface area contributed by atoms with Crippen molar-refractivity contribution < 1.29 is 8.42 Å². The maximum absolute atomic E-state index is 12.1. The summed E-state index contributed by atoms with van der Waals surface area (Å²) in [4.78, 5) is 6.53. The summed E-state index contributed by atoms with van der Waals surface area (Å²) in [5.41, 5.74) is 0. The van der Waals surface area contributed by atoms with E-state index in [2.05, 4.69) is 21.8 Å². The Morgan fingerprint density at radius 3 is 2.43 bits per heavy atom. The molecule has 136 valence electrons. The van der Waals surface area contributed by atoms with Gasteiger partial charge in [-0.1, -0.05) is 12.5 Å². The maximum atomic E-state index is 12.1. The molecular weight excluding hydrogens is 310 g/mol. The lowest BCUT2D eigenvalue weighted by Gasteiger charge is -2.22. The molecule has 0 spiro atoms. The van der Waals surface area contributed by atoms with Crippen LogP contribution >= 0.6 is 0 Å². The average molecular weight is 346 g/mol. The second kappa shape index (κ2) is 10.7. The van der Waals surface area contributed by atoms with Crippen LogP contribution in [0.3, 0.4) is 0 Å². The van der Waals surface area contributed by atoms with Crippen molar-refractivity contribution in [2.24, 2.45) is 4.99 Å². The molecule has 23 heavy (non-hydrogen) atoms. The van der Waals surface area contributed by atoms with Crippen molar-refractivity contribution in [3.8, 4) is 0 Å². The number of allylic oxidation sites excluding steroid dienone is 1. The highest BCUT2D eigenvalue weighted by Gasteiger charge is 2.28. The molecule has 0 aromatic heterocycles. The highest BCUT2D eigenvalue weighted by Crippen LogP contribution is 2.15. The Hall–Kier alpha value is -1.04. The van der Waals surface area contributed by atoms with Crippen molar-refractivity contribution in [1.29, 1.82) is 0 Å². The fourth-order valence-corrected chi connectivity index (χ4v) is 2.91. The monoisotopic (exact) mass is 345 g/mol. The normalized spacial score (nSPS) is 13.0. The first kappa shape index (κ1) is 22.0. The molecule has 0 saturated heterocycles. The molecule has 0 bridgehead atoms. The zero-order valence-corrected chi connectivity index (χ0v) is 16.4. The van der Waals surface area contributed by atoms with Gasteiger partial charge in [-0.25, -0.2) is 8.42 Å². The molecule has 0 radical (unpaired) electrons. The molecule has 0 unspecified atom stereocenters. The van der Waals surface area contributed by atoms with Crippen molar-refractivity contribution in [2.45, 2.75) is 58.1 Å². The number of hydrogen-bond donors (Lipinski definition) is 1. The molecule has 0 aromatic rings. The number of hydrogen-bond acceptors (Lipinski definition) is 3. The Morgan fingerprint density at radius 1 is 1.26 bits per heavy atom. The van der Waals surface area contributed by atoms with E-state index in [0.29, 0.717) is 6.54 Å². The highest BCUT2D eigenvalue weighted by atomic mass is 32.2. The number of sulfone groups is 1. The third-order valence-corrected chi connectivity index (χ3v) is 6.24. The minimum atomic E-state index is -3.12. The van der Waals surface area contributed by atoms with Crippen LogP contribution < -0.4 is 5.32 Å². The maximum Gasteiger partial charge on any atom is 0.193 e. The first-order chi connectivity index (χ1) is 10.7. The lowest BCUT2D eigenvalue weighted by atomic mass is 10.2. The summed E-state index contributed by atoms with van der Waals surface area (Å²) in [5, 5.41) is 3.22. The molecule has 0 atom stereocenters. The largest absolute Gasteiger partial charge is 0.357 e. The molecular formula is C17H35N3O2S. The van der Waals surface area contributed by atoms with Gasteiger partial charge in [-0.3, -0.25) is 4.99 Å². The zero-order valence-electron chi connectivity index (χ0n) is 15.6. The Labute approximate surface area is 143 Å². The summed E-state index contributed by atoms with van der Waals surface area (Å²) in [7, 11) is -1.13. The van der Waals surface area contributed by atoms with E-state index >= 15 is 0 Å². The van der Waals surface area contributed by atoms with Crippen LogP contribution in [-0.2, 0) is 9.84 Å². The van der Waals surface area contributed by atoms with E-state index in [-0.39, 0.29) is 5.75 Å². The van der Waals surface area contributed by atoms with Gasteiger partial charge in [0.15, 0.2) is 15.8 Å². The second-order valence-corrected chi connectivity index (χ2v) is 9.59. The minimum Gasteiger partial charge on any atom is -0.357 e. The van der Waals surface area contributed by atoms with E-state index in [0.717, 1.165) is 44.7 Å². The molecule has 0 saturated carbocycles. The van der Waals surface area contributed by atoms with Crippen LogP contribution in [0.1, 0.15) is 53.4 Å². The molecule has 0 rings (SSSR count). The van der Waals surface area contributed by atoms with Gasteiger partial charge < -0.3 is 10.2 Å². The van der Waals surface area contributed by atoms with Gasteiger partial charge in [0.2, 0.25) is 0 Å². The molecule has 5 nitrogen and oxygen atoms in total. The fraction of sp³-hybridized carbons (Fsp3) is 0.824. The van der Waals surface area contributed by atoms with Crippen LogP contribution in [-0.4, -0.2) is 56.5 Å². The Kier molecular flexibility index (Phi) is 10.2. The van der Waals surface area contributed by atoms with E-state index in [1.807, 2.05) is 20.0 Å². The molecule has 1 N–H and O–H groups in total. The highest BCUT2D eigenvalue weighted by molar-refractivity contribution is 7.92. The molecule has 0 fully saturated rings. The van der Waals surface area contributed by atoms with Gasteiger partial charge in [-0.2, -0.15) is 0 Å².